The predicted octanol–water partition coefficient (Wildman–Crippen LogP) is 3.01. The lowest BCUT2D eigenvalue weighted by molar-refractivity contribution is -0.133. The largest absolute Gasteiger partial charge is 0.325 e. The second-order valence-electron chi connectivity index (χ2n) is 6.50. The maximum Gasteiger partial charge on any atom is 0.325 e. The van der Waals surface area contributed by atoms with Crippen LogP contribution in [-0.4, -0.2) is 34.8 Å². The monoisotopic (exact) mass is 351 g/mol. The van der Waals surface area contributed by atoms with Gasteiger partial charge in [-0.2, -0.15) is 0 Å². The molecule has 0 unspecified atom stereocenters. The summed E-state index contributed by atoms with van der Waals surface area (Å²) >= 11 is 0. The van der Waals surface area contributed by atoms with E-state index in [9.17, 15) is 14.4 Å². The maximum atomic E-state index is 12.3. The Hall–Kier alpha value is -3.15. The molecule has 3 rings (SSSR count). The Morgan fingerprint density at radius 3 is 2.23 bits per heavy atom. The lowest BCUT2D eigenvalue weighted by Gasteiger charge is -2.19. The number of rotatable bonds is 5. The zero-order valence-corrected chi connectivity index (χ0v) is 14.8. The highest BCUT2D eigenvalue weighted by molar-refractivity contribution is 6.09. The SMILES string of the molecule is CC[C@@]1(C)NC(=O)N(CC(=O)Nc2ccc(-c3ccccc3)cc2)C1=O. The van der Waals surface area contributed by atoms with E-state index in [0.717, 1.165) is 16.0 Å². The average molecular weight is 351 g/mol. The molecule has 1 heterocycles. The standard InChI is InChI=1S/C20H21N3O3/c1-3-20(2)18(25)23(19(26)22-20)13-17(24)21-16-11-9-15(10-12-16)14-7-5-4-6-8-14/h4-12H,3,13H2,1-2H3,(H,21,24)(H,22,26)/t20-/m1/s1. The minimum Gasteiger partial charge on any atom is -0.325 e. The average Bonchev–Trinajstić information content (AvgIpc) is 2.87. The van der Waals surface area contributed by atoms with Crippen molar-refractivity contribution in [3.05, 3.63) is 54.6 Å². The van der Waals surface area contributed by atoms with E-state index in [0.29, 0.717) is 12.1 Å². The third kappa shape index (κ3) is 3.44. The van der Waals surface area contributed by atoms with Crippen LogP contribution < -0.4 is 10.6 Å². The van der Waals surface area contributed by atoms with Crippen molar-refractivity contribution < 1.29 is 14.4 Å². The molecule has 0 aliphatic carbocycles. The van der Waals surface area contributed by atoms with Crippen LogP contribution in [0.3, 0.4) is 0 Å². The fourth-order valence-corrected chi connectivity index (χ4v) is 2.85. The molecule has 1 aliphatic rings. The second-order valence-corrected chi connectivity index (χ2v) is 6.50. The number of anilines is 1. The van der Waals surface area contributed by atoms with Crippen LogP contribution in [0.25, 0.3) is 11.1 Å². The van der Waals surface area contributed by atoms with Crippen LogP contribution in [0.1, 0.15) is 20.3 Å². The summed E-state index contributed by atoms with van der Waals surface area (Å²) in [5.41, 5.74) is 1.80. The first-order valence-electron chi connectivity index (χ1n) is 8.52. The minimum atomic E-state index is -0.936. The summed E-state index contributed by atoms with van der Waals surface area (Å²) < 4.78 is 0. The first-order valence-corrected chi connectivity index (χ1v) is 8.52. The summed E-state index contributed by atoms with van der Waals surface area (Å²) in [6.07, 6.45) is 0.469. The van der Waals surface area contributed by atoms with Gasteiger partial charge in [-0.15, -0.1) is 0 Å². The van der Waals surface area contributed by atoms with Crippen LogP contribution in [0.5, 0.6) is 0 Å². The number of nitrogens with zero attached hydrogens (tertiary/aromatic N) is 1. The fraction of sp³-hybridized carbons (Fsp3) is 0.250. The molecule has 6 heteroatoms. The fourth-order valence-electron chi connectivity index (χ4n) is 2.85. The summed E-state index contributed by atoms with van der Waals surface area (Å²) in [4.78, 5) is 37.5. The third-order valence-corrected chi connectivity index (χ3v) is 4.63. The number of hydrogen-bond donors (Lipinski definition) is 2. The molecule has 0 radical (unpaired) electrons. The van der Waals surface area contributed by atoms with E-state index in [1.165, 1.54) is 0 Å². The molecule has 0 spiro atoms. The number of benzene rings is 2. The van der Waals surface area contributed by atoms with Crippen molar-refractivity contribution in [1.29, 1.82) is 0 Å². The molecule has 1 aliphatic heterocycles. The first-order chi connectivity index (χ1) is 12.4. The summed E-state index contributed by atoms with van der Waals surface area (Å²) in [7, 11) is 0. The number of imide groups is 1. The maximum absolute atomic E-state index is 12.3. The van der Waals surface area contributed by atoms with E-state index in [2.05, 4.69) is 10.6 Å². The minimum absolute atomic E-state index is 0.305. The van der Waals surface area contributed by atoms with Gasteiger partial charge < -0.3 is 10.6 Å². The van der Waals surface area contributed by atoms with Crippen molar-refractivity contribution in [1.82, 2.24) is 10.2 Å². The van der Waals surface area contributed by atoms with Crippen LogP contribution in [0, 0.1) is 0 Å². The molecule has 2 N–H and O–H groups in total. The Labute approximate surface area is 152 Å². The lowest BCUT2D eigenvalue weighted by Crippen LogP contribution is -2.44. The molecule has 1 fully saturated rings. The zero-order chi connectivity index (χ0) is 18.7. The van der Waals surface area contributed by atoms with Gasteiger partial charge in [0.25, 0.3) is 5.91 Å². The molecular formula is C20H21N3O3. The molecule has 6 nitrogen and oxygen atoms in total. The van der Waals surface area contributed by atoms with Gasteiger partial charge in [0, 0.05) is 5.69 Å². The van der Waals surface area contributed by atoms with Gasteiger partial charge in [-0.05, 0) is 36.6 Å². The molecule has 0 aromatic heterocycles. The molecule has 26 heavy (non-hydrogen) atoms. The Balaban J connectivity index is 1.64. The smallest absolute Gasteiger partial charge is 0.325 e. The molecular weight excluding hydrogens is 330 g/mol. The van der Waals surface area contributed by atoms with E-state index in [-0.39, 0.29) is 12.5 Å². The van der Waals surface area contributed by atoms with Crippen LogP contribution in [0.2, 0.25) is 0 Å². The van der Waals surface area contributed by atoms with Gasteiger partial charge in [0.15, 0.2) is 0 Å². The Morgan fingerprint density at radius 2 is 1.65 bits per heavy atom. The number of hydrogen-bond acceptors (Lipinski definition) is 3. The van der Waals surface area contributed by atoms with Gasteiger partial charge in [0.1, 0.15) is 12.1 Å². The van der Waals surface area contributed by atoms with Crippen molar-refractivity contribution in [2.45, 2.75) is 25.8 Å². The molecule has 4 amide bonds. The normalized spacial score (nSPS) is 19.4. The number of carbonyl (C=O) groups is 3. The number of amides is 4. The quantitative estimate of drug-likeness (QED) is 0.813. The molecule has 0 bridgehead atoms. The number of urea groups is 1. The summed E-state index contributed by atoms with van der Waals surface area (Å²) in [5, 5.41) is 5.35. The zero-order valence-electron chi connectivity index (χ0n) is 14.8. The Morgan fingerprint density at radius 1 is 1.04 bits per heavy atom. The summed E-state index contributed by atoms with van der Waals surface area (Å²) in [6.45, 7) is 3.17. The van der Waals surface area contributed by atoms with Crippen LogP contribution in [-0.2, 0) is 9.59 Å². The predicted molar refractivity (Wildman–Crippen MR) is 99.4 cm³/mol. The van der Waals surface area contributed by atoms with Crippen LogP contribution in [0.4, 0.5) is 10.5 Å². The number of nitrogens with one attached hydrogen (secondary N) is 2. The van der Waals surface area contributed by atoms with Gasteiger partial charge in [-0.25, -0.2) is 4.79 Å². The van der Waals surface area contributed by atoms with Gasteiger partial charge in [-0.1, -0.05) is 49.4 Å². The highest BCUT2D eigenvalue weighted by Gasteiger charge is 2.46. The lowest BCUT2D eigenvalue weighted by atomic mass is 9.99. The molecule has 2 aromatic rings. The molecule has 2 aromatic carbocycles. The highest BCUT2D eigenvalue weighted by Crippen LogP contribution is 2.22. The van der Waals surface area contributed by atoms with E-state index in [1.807, 2.05) is 49.4 Å². The number of carbonyl (C=O) groups excluding carboxylic acids is 3. The van der Waals surface area contributed by atoms with Crippen molar-refractivity contribution in [2.24, 2.45) is 0 Å². The molecule has 1 saturated heterocycles. The molecule has 0 saturated carbocycles. The highest BCUT2D eigenvalue weighted by atomic mass is 16.2. The van der Waals surface area contributed by atoms with Gasteiger partial charge in [-0.3, -0.25) is 14.5 Å². The van der Waals surface area contributed by atoms with Crippen LogP contribution >= 0.6 is 0 Å². The van der Waals surface area contributed by atoms with Gasteiger partial charge >= 0.3 is 6.03 Å². The summed E-state index contributed by atoms with van der Waals surface area (Å²) in [5.74, 6) is -0.791. The van der Waals surface area contributed by atoms with E-state index < -0.39 is 17.5 Å². The van der Waals surface area contributed by atoms with Gasteiger partial charge in [0.05, 0.1) is 0 Å². The third-order valence-electron chi connectivity index (χ3n) is 4.63. The van der Waals surface area contributed by atoms with E-state index in [1.54, 1.807) is 19.1 Å². The molecule has 134 valence electrons. The van der Waals surface area contributed by atoms with Crippen LogP contribution in [0.15, 0.2) is 54.6 Å². The summed E-state index contributed by atoms with van der Waals surface area (Å²) in [6, 6.07) is 16.8. The van der Waals surface area contributed by atoms with E-state index in [4.69, 9.17) is 0 Å². The molecule has 1 atom stereocenters. The van der Waals surface area contributed by atoms with Gasteiger partial charge in [0.2, 0.25) is 5.91 Å². The van der Waals surface area contributed by atoms with Crippen molar-refractivity contribution in [2.75, 3.05) is 11.9 Å². The Bertz CT molecular complexity index is 833. The second kappa shape index (κ2) is 7.00. The van der Waals surface area contributed by atoms with Crippen molar-refractivity contribution in [3.63, 3.8) is 0 Å². The van der Waals surface area contributed by atoms with Crippen molar-refractivity contribution in [3.8, 4) is 11.1 Å². The Kier molecular flexibility index (Phi) is 4.75. The first kappa shape index (κ1) is 17.7. The van der Waals surface area contributed by atoms with E-state index >= 15 is 0 Å². The topological polar surface area (TPSA) is 78.5 Å². The van der Waals surface area contributed by atoms with Crippen molar-refractivity contribution >= 4 is 23.5 Å².